The lowest BCUT2D eigenvalue weighted by atomic mass is 9.99. The number of hydrogen-bond donors (Lipinski definition) is 3. The summed E-state index contributed by atoms with van der Waals surface area (Å²) in [7, 11) is -9.93. The first kappa shape index (κ1) is 103. The summed E-state index contributed by atoms with van der Waals surface area (Å²) >= 11 is 0. The monoisotopic (exact) mass is 1540 g/mol. The van der Waals surface area contributed by atoms with Crippen molar-refractivity contribution < 1.29 is 80.2 Å². The molecule has 17 nitrogen and oxygen atoms in total. The average Bonchev–Trinajstić information content (AvgIpc) is 0.906. The molecule has 0 aliphatic rings. The Balaban J connectivity index is 5.20. The minimum atomic E-state index is -4.97. The fourth-order valence-electron chi connectivity index (χ4n) is 13.3. The molecule has 19 heteroatoms. The van der Waals surface area contributed by atoms with E-state index in [2.05, 4.69) is 55.4 Å². The number of aliphatic hydroxyl groups is 1. The zero-order valence-corrected chi connectivity index (χ0v) is 71.2. The number of rotatable bonds is 83. The maximum Gasteiger partial charge on any atom is 0.472 e. The molecule has 4 unspecified atom stereocenters. The molecule has 6 atom stereocenters. The van der Waals surface area contributed by atoms with Crippen molar-refractivity contribution in [3.63, 3.8) is 0 Å². The van der Waals surface area contributed by atoms with Gasteiger partial charge in [0.15, 0.2) is 12.2 Å². The van der Waals surface area contributed by atoms with Gasteiger partial charge in [0.2, 0.25) is 0 Å². The van der Waals surface area contributed by atoms with Crippen LogP contribution in [0.2, 0.25) is 0 Å². The van der Waals surface area contributed by atoms with Crippen molar-refractivity contribution in [1.29, 1.82) is 0 Å². The number of ether oxygens (including phenoxy) is 4. The lowest BCUT2D eigenvalue weighted by molar-refractivity contribution is -0.161. The van der Waals surface area contributed by atoms with E-state index in [1.807, 2.05) is 0 Å². The minimum Gasteiger partial charge on any atom is -0.462 e. The summed E-state index contributed by atoms with van der Waals surface area (Å²) in [5.74, 6) is 1.03. The van der Waals surface area contributed by atoms with Gasteiger partial charge in [-0.25, -0.2) is 9.13 Å². The molecule has 0 saturated carbocycles. The van der Waals surface area contributed by atoms with Crippen LogP contribution in [0.15, 0.2) is 0 Å². The lowest BCUT2D eigenvalue weighted by Crippen LogP contribution is -2.30. The third kappa shape index (κ3) is 78.5. The molecule has 3 N–H and O–H groups in total. The highest BCUT2D eigenvalue weighted by atomic mass is 31.2. The van der Waals surface area contributed by atoms with E-state index in [-0.39, 0.29) is 25.7 Å². The molecule has 0 spiro atoms. The van der Waals surface area contributed by atoms with Crippen LogP contribution >= 0.6 is 15.6 Å². The Morgan fingerprint density at radius 2 is 0.457 bits per heavy atom. The molecule has 105 heavy (non-hydrogen) atoms. The van der Waals surface area contributed by atoms with Crippen molar-refractivity contribution in [1.82, 2.24) is 0 Å². The summed E-state index contributed by atoms with van der Waals surface area (Å²) in [5, 5.41) is 10.7. The lowest BCUT2D eigenvalue weighted by Gasteiger charge is -2.21. The van der Waals surface area contributed by atoms with Crippen molar-refractivity contribution in [3.8, 4) is 0 Å². The van der Waals surface area contributed by atoms with Gasteiger partial charge >= 0.3 is 39.5 Å². The van der Waals surface area contributed by atoms with Crippen LogP contribution in [-0.2, 0) is 65.4 Å². The first-order chi connectivity index (χ1) is 50.6. The molecule has 0 aromatic rings. The quantitative estimate of drug-likeness (QED) is 0.0222. The van der Waals surface area contributed by atoms with E-state index >= 15 is 0 Å². The topological polar surface area (TPSA) is 237 Å². The van der Waals surface area contributed by atoms with Crippen LogP contribution in [-0.4, -0.2) is 96.7 Å². The molecule has 0 saturated heterocycles. The Bertz CT molecular complexity index is 2040. The molecule has 0 radical (unpaired) electrons. The molecular weight excluding hydrogens is 1370 g/mol. The maximum absolute atomic E-state index is 13.1. The summed E-state index contributed by atoms with van der Waals surface area (Å²) in [6.07, 6.45) is 64.1. The Hall–Kier alpha value is -1.94. The third-order valence-electron chi connectivity index (χ3n) is 20.4. The number of aliphatic hydroxyl groups excluding tert-OH is 1. The summed E-state index contributed by atoms with van der Waals surface area (Å²) < 4.78 is 68.8. The van der Waals surface area contributed by atoms with Crippen molar-refractivity contribution in [2.75, 3.05) is 39.6 Å². The predicted octanol–water partition coefficient (Wildman–Crippen LogP) is 25.9. The van der Waals surface area contributed by atoms with Gasteiger partial charge in [0.1, 0.15) is 19.3 Å². The molecule has 0 aliphatic heterocycles. The zero-order valence-electron chi connectivity index (χ0n) is 69.4. The molecule has 0 fully saturated rings. The fraction of sp³-hybridized carbons (Fsp3) is 0.953. The summed E-state index contributed by atoms with van der Waals surface area (Å²) in [5.41, 5.74) is 0. The van der Waals surface area contributed by atoms with Gasteiger partial charge in [-0.2, -0.15) is 0 Å². The van der Waals surface area contributed by atoms with E-state index in [4.69, 9.17) is 37.0 Å². The van der Waals surface area contributed by atoms with Gasteiger partial charge in [-0.1, -0.05) is 396 Å². The van der Waals surface area contributed by atoms with Crippen molar-refractivity contribution in [2.45, 2.75) is 465 Å². The van der Waals surface area contributed by atoms with Crippen LogP contribution in [0.25, 0.3) is 0 Å². The van der Waals surface area contributed by atoms with Crippen LogP contribution in [0, 0.1) is 23.7 Å². The standard InChI is InChI=1S/C86H168O17P2/c1-9-79(8)65-57-49-41-31-27-23-19-15-11-13-16-20-24-28-32-42-50-58-66-83(88)96-72-81(102-85(90)68-60-52-44-33-29-25-21-17-12-10-14-18-22-26-30-38-46-54-62-76(2)3)74-100-104(92,93)98-70-80(87)71-99-105(94,95)101-75-82(103-86(91)69-61-53-45-37-35-40-48-56-64-78(6)7)73-97-84(89)67-59-51-43-36-34-39-47-55-63-77(4)5/h76-82,87H,9-75H2,1-8H3,(H,92,93)(H,94,95)/t79?,80?,81-,82-/m1/s1. The van der Waals surface area contributed by atoms with Crippen LogP contribution in [0.4, 0.5) is 0 Å². The van der Waals surface area contributed by atoms with Gasteiger partial charge in [-0.15, -0.1) is 0 Å². The molecule has 0 aromatic carbocycles. The second-order valence-electron chi connectivity index (χ2n) is 32.6. The SMILES string of the molecule is CCC(C)CCCCCCCCCCCCCCCCCCCCC(=O)OC[C@H](COP(=O)(O)OCC(O)COP(=O)(O)OC[C@@H](COC(=O)CCCCCCCCCCC(C)C)OC(=O)CCCCCCCCCCC(C)C)OC(=O)CCCCCCCCCCCCCCCCCCCCC(C)C. The van der Waals surface area contributed by atoms with E-state index in [0.29, 0.717) is 31.6 Å². The zero-order chi connectivity index (χ0) is 77.4. The Kier molecular flexibility index (Phi) is 73.4. The van der Waals surface area contributed by atoms with Crippen molar-refractivity contribution >= 4 is 39.5 Å². The van der Waals surface area contributed by atoms with Gasteiger partial charge in [-0.3, -0.25) is 37.3 Å². The average molecular weight is 1540 g/mol. The Morgan fingerprint density at radius 1 is 0.267 bits per heavy atom. The summed E-state index contributed by atoms with van der Waals surface area (Å²) in [6, 6.07) is 0. The van der Waals surface area contributed by atoms with E-state index in [1.54, 1.807) is 0 Å². The molecule has 0 heterocycles. The van der Waals surface area contributed by atoms with Crippen LogP contribution in [0.5, 0.6) is 0 Å². The van der Waals surface area contributed by atoms with Crippen molar-refractivity contribution in [2.24, 2.45) is 23.7 Å². The smallest absolute Gasteiger partial charge is 0.462 e. The molecule has 0 rings (SSSR count). The number of carbonyl (C=O) groups excluding carboxylic acids is 4. The Morgan fingerprint density at radius 3 is 0.676 bits per heavy atom. The van der Waals surface area contributed by atoms with Gasteiger partial charge in [0.05, 0.1) is 26.4 Å². The molecule has 0 aliphatic carbocycles. The van der Waals surface area contributed by atoms with E-state index in [1.165, 1.54) is 250 Å². The molecular formula is C86H168O17P2. The van der Waals surface area contributed by atoms with E-state index < -0.39 is 97.5 Å². The molecule has 624 valence electrons. The van der Waals surface area contributed by atoms with E-state index in [9.17, 15) is 43.2 Å². The highest BCUT2D eigenvalue weighted by molar-refractivity contribution is 7.47. The molecule has 0 amide bonds. The maximum atomic E-state index is 13.1. The fourth-order valence-corrected chi connectivity index (χ4v) is 14.9. The normalized spacial score (nSPS) is 14.2. The van der Waals surface area contributed by atoms with Gasteiger partial charge < -0.3 is 33.8 Å². The molecule has 0 aromatic heterocycles. The van der Waals surface area contributed by atoms with Crippen LogP contribution in [0.1, 0.15) is 447 Å². The summed E-state index contributed by atoms with van der Waals surface area (Å²) in [4.78, 5) is 73.1. The number of carbonyl (C=O) groups is 4. The number of hydrogen-bond acceptors (Lipinski definition) is 15. The highest BCUT2D eigenvalue weighted by Crippen LogP contribution is 2.45. The predicted molar refractivity (Wildman–Crippen MR) is 432 cm³/mol. The number of esters is 4. The van der Waals surface area contributed by atoms with Crippen molar-refractivity contribution in [3.05, 3.63) is 0 Å². The highest BCUT2D eigenvalue weighted by Gasteiger charge is 2.31. The van der Waals surface area contributed by atoms with Gasteiger partial charge in [-0.05, 0) is 49.4 Å². The first-order valence-corrected chi connectivity index (χ1v) is 47.2. The first-order valence-electron chi connectivity index (χ1n) is 44.2. The van der Waals surface area contributed by atoms with Crippen LogP contribution < -0.4 is 0 Å². The van der Waals surface area contributed by atoms with Gasteiger partial charge in [0, 0.05) is 25.7 Å². The van der Waals surface area contributed by atoms with E-state index in [0.717, 1.165) is 108 Å². The number of phosphoric acid groups is 2. The minimum absolute atomic E-state index is 0.104. The second-order valence-corrected chi connectivity index (χ2v) is 35.5. The van der Waals surface area contributed by atoms with Gasteiger partial charge in [0.25, 0.3) is 0 Å². The summed E-state index contributed by atoms with van der Waals surface area (Å²) in [6.45, 7) is 14.3. The Labute approximate surface area is 645 Å². The largest absolute Gasteiger partial charge is 0.472 e. The van der Waals surface area contributed by atoms with Crippen LogP contribution in [0.3, 0.4) is 0 Å². The number of unbranched alkanes of at least 4 members (excludes halogenated alkanes) is 48. The molecule has 0 bridgehead atoms. The number of phosphoric ester groups is 2. The second kappa shape index (κ2) is 74.8. The third-order valence-corrected chi connectivity index (χ3v) is 22.3.